The van der Waals surface area contributed by atoms with Gasteiger partial charge >= 0.3 is 0 Å². The highest BCUT2D eigenvalue weighted by Gasteiger charge is 2.27. The van der Waals surface area contributed by atoms with Gasteiger partial charge in [0.1, 0.15) is 17.5 Å². The normalized spacial score (nSPS) is 13.7. The topological polar surface area (TPSA) is 82.4 Å². The van der Waals surface area contributed by atoms with Crippen LogP contribution in [0.15, 0.2) is 53.3 Å². The van der Waals surface area contributed by atoms with Gasteiger partial charge in [-0.2, -0.15) is 5.10 Å². The van der Waals surface area contributed by atoms with Crippen LogP contribution in [0, 0.1) is 0 Å². The molecule has 1 heterocycles. The number of carbonyl (C=O) groups excluding carboxylic acids is 1. The molecule has 0 saturated heterocycles. The van der Waals surface area contributed by atoms with E-state index in [1.54, 1.807) is 25.3 Å². The fraction of sp³-hybridized carbons (Fsp3) is 0.346. The monoisotopic (exact) mass is 447 g/mol. The Morgan fingerprint density at radius 2 is 1.79 bits per heavy atom. The summed E-state index contributed by atoms with van der Waals surface area (Å²) in [7, 11) is 3.10. The number of fused-ring (bicyclic) bond motifs is 1. The quantitative estimate of drug-likeness (QED) is 0.581. The molecule has 1 atom stereocenters. The van der Waals surface area contributed by atoms with Gasteiger partial charge in [0.15, 0.2) is 0 Å². The summed E-state index contributed by atoms with van der Waals surface area (Å²) in [4.78, 5) is 26.8. The lowest BCUT2D eigenvalue weighted by molar-refractivity contribution is -0.119. The highest BCUT2D eigenvalue weighted by atomic mass is 16.5. The molecule has 7 nitrogen and oxygen atoms in total. The standard InChI is InChI=1S/C26H29N3O4/c1-4-22(25(30)27-21-15-14-18(32-2)16-23(21)33-3)29-26(31)20-13-9-8-12-19(20)24(28-29)17-10-6-5-7-11-17/h5-7,10-11,14-16,22H,4,8-9,12-13H2,1-3H3,(H,27,30)/t22-/m0/s1. The SMILES string of the molecule is CC[C@@H](C(=O)Nc1ccc(OC)cc1OC)n1nc(-c2ccccc2)c2c(c1=O)CCCC2. The Morgan fingerprint density at radius 1 is 1.06 bits per heavy atom. The highest BCUT2D eigenvalue weighted by Crippen LogP contribution is 2.31. The minimum Gasteiger partial charge on any atom is -0.497 e. The van der Waals surface area contributed by atoms with Gasteiger partial charge in [0, 0.05) is 17.2 Å². The van der Waals surface area contributed by atoms with Gasteiger partial charge in [0.25, 0.3) is 5.56 Å². The van der Waals surface area contributed by atoms with Crippen LogP contribution in [-0.4, -0.2) is 29.9 Å². The summed E-state index contributed by atoms with van der Waals surface area (Å²) in [6.45, 7) is 1.88. The fourth-order valence-corrected chi connectivity index (χ4v) is 4.38. The van der Waals surface area contributed by atoms with Crippen molar-refractivity contribution in [1.29, 1.82) is 0 Å². The van der Waals surface area contributed by atoms with Gasteiger partial charge in [-0.15, -0.1) is 0 Å². The summed E-state index contributed by atoms with van der Waals surface area (Å²) in [5, 5.41) is 7.66. The van der Waals surface area contributed by atoms with Crippen LogP contribution in [0.5, 0.6) is 11.5 Å². The Balaban J connectivity index is 1.75. The van der Waals surface area contributed by atoms with Gasteiger partial charge in [-0.05, 0) is 49.8 Å². The van der Waals surface area contributed by atoms with E-state index in [4.69, 9.17) is 14.6 Å². The van der Waals surface area contributed by atoms with E-state index in [0.717, 1.165) is 41.6 Å². The molecule has 0 aliphatic heterocycles. The number of carbonyl (C=O) groups is 1. The van der Waals surface area contributed by atoms with E-state index in [1.807, 2.05) is 37.3 Å². The van der Waals surface area contributed by atoms with Crippen molar-refractivity contribution in [2.75, 3.05) is 19.5 Å². The van der Waals surface area contributed by atoms with E-state index in [1.165, 1.54) is 11.8 Å². The molecule has 0 fully saturated rings. The number of benzene rings is 2. The van der Waals surface area contributed by atoms with Crippen molar-refractivity contribution in [3.8, 4) is 22.8 Å². The molecule has 1 aromatic heterocycles. The van der Waals surface area contributed by atoms with Crippen LogP contribution >= 0.6 is 0 Å². The molecule has 2 aromatic carbocycles. The Morgan fingerprint density at radius 3 is 2.45 bits per heavy atom. The first-order valence-electron chi connectivity index (χ1n) is 11.3. The van der Waals surface area contributed by atoms with Crippen molar-refractivity contribution in [1.82, 2.24) is 9.78 Å². The zero-order valence-electron chi connectivity index (χ0n) is 19.3. The Labute approximate surface area is 193 Å². The van der Waals surface area contributed by atoms with Crippen LogP contribution in [0.1, 0.15) is 43.4 Å². The lowest BCUT2D eigenvalue weighted by Crippen LogP contribution is -2.38. The minimum absolute atomic E-state index is 0.173. The molecule has 0 bridgehead atoms. The number of methoxy groups -OCH3 is 2. The third kappa shape index (κ3) is 4.49. The van der Waals surface area contributed by atoms with Crippen LogP contribution in [0.2, 0.25) is 0 Å². The largest absolute Gasteiger partial charge is 0.497 e. The molecule has 0 radical (unpaired) electrons. The smallest absolute Gasteiger partial charge is 0.271 e. The number of ether oxygens (including phenoxy) is 2. The minimum atomic E-state index is -0.751. The Hall–Kier alpha value is -3.61. The van der Waals surface area contributed by atoms with E-state index in [2.05, 4.69) is 5.32 Å². The van der Waals surface area contributed by atoms with Crippen molar-refractivity contribution >= 4 is 11.6 Å². The van der Waals surface area contributed by atoms with Crippen molar-refractivity contribution in [2.24, 2.45) is 0 Å². The second-order valence-corrected chi connectivity index (χ2v) is 8.11. The van der Waals surface area contributed by atoms with Crippen LogP contribution in [0.25, 0.3) is 11.3 Å². The first-order valence-corrected chi connectivity index (χ1v) is 11.3. The lowest BCUT2D eigenvalue weighted by atomic mass is 9.89. The first kappa shape index (κ1) is 22.6. The second kappa shape index (κ2) is 9.90. The number of hydrogen-bond acceptors (Lipinski definition) is 5. The summed E-state index contributed by atoms with van der Waals surface area (Å²) in [5.41, 5.74) is 3.88. The van der Waals surface area contributed by atoms with Crippen LogP contribution < -0.4 is 20.3 Å². The van der Waals surface area contributed by atoms with Crippen molar-refractivity contribution in [2.45, 2.75) is 45.1 Å². The average molecular weight is 448 g/mol. The molecule has 3 aromatic rings. The third-order valence-corrected chi connectivity index (χ3v) is 6.13. The predicted octanol–water partition coefficient (Wildman–Crippen LogP) is 4.40. The van der Waals surface area contributed by atoms with Gasteiger partial charge in [-0.25, -0.2) is 4.68 Å². The van der Waals surface area contributed by atoms with E-state index >= 15 is 0 Å². The Kier molecular flexibility index (Phi) is 6.77. The van der Waals surface area contributed by atoms with Crippen molar-refractivity contribution in [3.63, 3.8) is 0 Å². The molecule has 1 amide bonds. The number of nitrogens with one attached hydrogen (secondary N) is 1. The average Bonchev–Trinajstić information content (AvgIpc) is 2.86. The molecule has 0 unspecified atom stereocenters. The van der Waals surface area contributed by atoms with E-state index < -0.39 is 6.04 Å². The molecule has 0 saturated carbocycles. The Bertz CT molecular complexity index is 1200. The number of hydrogen-bond donors (Lipinski definition) is 1. The summed E-state index contributed by atoms with van der Waals surface area (Å²) < 4.78 is 12.0. The van der Waals surface area contributed by atoms with Crippen LogP contribution in [-0.2, 0) is 17.6 Å². The number of amides is 1. The van der Waals surface area contributed by atoms with Crippen molar-refractivity contribution < 1.29 is 14.3 Å². The molecule has 172 valence electrons. The molecule has 33 heavy (non-hydrogen) atoms. The number of rotatable bonds is 7. The molecule has 4 rings (SSSR count). The molecular formula is C26H29N3O4. The van der Waals surface area contributed by atoms with Gasteiger partial charge < -0.3 is 14.8 Å². The first-order chi connectivity index (χ1) is 16.1. The van der Waals surface area contributed by atoms with Gasteiger partial charge in [0.05, 0.1) is 25.6 Å². The summed E-state index contributed by atoms with van der Waals surface area (Å²) in [6, 6.07) is 14.3. The van der Waals surface area contributed by atoms with E-state index in [-0.39, 0.29) is 11.5 Å². The van der Waals surface area contributed by atoms with E-state index in [9.17, 15) is 9.59 Å². The molecule has 1 N–H and O–H groups in total. The molecule has 1 aliphatic rings. The summed E-state index contributed by atoms with van der Waals surface area (Å²) in [5.74, 6) is 0.788. The summed E-state index contributed by atoms with van der Waals surface area (Å²) in [6.07, 6.45) is 3.96. The van der Waals surface area contributed by atoms with E-state index in [0.29, 0.717) is 30.0 Å². The molecule has 7 heteroatoms. The maximum absolute atomic E-state index is 13.4. The lowest BCUT2D eigenvalue weighted by Gasteiger charge is -2.24. The molecular weight excluding hydrogens is 418 g/mol. The van der Waals surface area contributed by atoms with Crippen molar-refractivity contribution in [3.05, 3.63) is 70.0 Å². The molecule has 1 aliphatic carbocycles. The second-order valence-electron chi connectivity index (χ2n) is 8.11. The number of anilines is 1. The summed E-state index contributed by atoms with van der Waals surface area (Å²) >= 11 is 0. The van der Waals surface area contributed by atoms with Gasteiger partial charge in [-0.3, -0.25) is 9.59 Å². The maximum atomic E-state index is 13.4. The number of aromatic nitrogens is 2. The van der Waals surface area contributed by atoms with Crippen LogP contribution in [0.3, 0.4) is 0 Å². The van der Waals surface area contributed by atoms with Gasteiger partial charge in [0.2, 0.25) is 5.91 Å². The third-order valence-electron chi connectivity index (χ3n) is 6.13. The zero-order chi connectivity index (χ0) is 23.4. The van der Waals surface area contributed by atoms with Gasteiger partial charge in [-0.1, -0.05) is 37.3 Å². The fourth-order valence-electron chi connectivity index (χ4n) is 4.38. The highest BCUT2D eigenvalue weighted by molar-refractivity contribution is 5.95. The zero-order valence-corrected chi connectivity index (χ0v) is 19.3. The van der Waals surface area contributed by atoms with Crippen LogP contribution in [0.4, 0.5) is 5.69 Å². The predicted molar refractivity (Wildman–Crippen MR) is 128 cm³/mol. The maximum Gasteiger partial charge on any atom is 0.271 e. The number of nitrogens with zero attached hydrogens (tertiary/aromatic N) is 2. The molecule has 0 spiro atoms.